The van der Waals surface area contributed by atoms with Crippen LogP contribution in [0.1, 0.15) is 76.8 Å². The van der Waals surface area contributed by atoms with Gasteiger partial charge in [0, 0.05) is 19.5 Å². The van der Waals surface area contributed by atoms with Crippen LogP contribution in [-0.4, -0.2) is 62.2 Å². The van der Waals surface area contributed by atoms with Gasteiger partial charge in [0.2, 0.25) is 0 Å². The maximum atomic E-state index is 12.8. The summed E-state index contributed by atoms with van der Waals surface area (Å²) in [6.07, 6.45) is 5.37. The van der Waals surface area contributed by atoms with E-state index in [0.29, 0.717) is 29.5 Å². The van der Waals surface area contributed by atoms with E-state index in [4.69, 9.17) is 4.74 Å². The molecule has 0 bridgehead atoms. The van der Waals surface area contributed by atoms with E-state index in [2.05, 4.69) is 71.8 Å². The van der Waals surface area contributed by atoms with Crippen LogP contribution in [0, 0.1) is 6.92 Å². The van der Waals surface area contributed by atoms with Crippen LogP contribution in [-0.2, 0) is 4.79 Å². The molecular formula is C25H45BrN2O2. The first-order chi connectivity index (χ1) is 13.7. The lowest BCUT2D eigenvalue weighted by Crippen LogP contribution is -3.00. The Balaban J connectivity index is 0.00000841. The quantitative estimate of drug-likeness (QED) is 0.299. The van der Waals surface area contributed by atoms with Gasteiger partial charge in [-0.05, 0) is 42.9 Å². The van der Waals surface area contributed by atoms with Gasteiger partial charge >= 0.3 is 0 Å². The van der Waals surface area contributed by atoms with Gasteiger partial charge < -0.3 is 31.1 Å². The van der Waals surface area contributed by atoms with Crippen molar-refractivity contribution in [1.82, 2.24) is 4.90 Å². The van der Waals surface area contributed by atoms with Crippen LogP contribution < -0.4 is 21.7 Å². The lowest BCUT2D eigenvalue weighted by Gasteiger charge is -2.32. The molecule has 0 aliphatic rings. The average Bonchev–Trinajstić information content (AvgIpc) is 2.65. The van der Waals surface area contributed by atoms with Crippen LogP contribution in [0.4, 0.5) is 0 Å². The summed E-state index contributed by atoms with van der Waals surface area (Å²) in [5.74, 6) is 1.78. The molecule has 0 aromatic heterocycles. The minimum atomic E-state index is 0. The second-order valence-corrected chi connectivity index (χ2v) is 9.29. The van der Waals surface area contributed by atoms with E-state index in [-0.39, 0.29) is 17.0 Å². The molecule has 0 radical (unpaired) electrons. The number of nitrogens with zero attached hydrogens (tertiary/aromatic N) is 2. The topological polar surface area (TPSA) is 29.5 Å². The molecule has 1 aromatic rings. The van der Waals surface area contributed by atoms with Gasteiger partial charge in [-0.25, -0.2) is 0 Å². The number of quaternary nitrogens is 1. The minimum absolute atomic E-state index is 0. The molecule has 0 spiro atoms. The molecule has 174 valence electrons. The zero-order valence-electron chi connectivity index (χ0n) is 20.5. The van der Waals surface area contributed by atoms with Gasteiger partial charge in [0.05, 0.1) is 27.2 Å². The zero-order chi connectivity index (χ0) is 21.9. The molecule has 1 aromatic carbocycles. The number of hydrogen-bond donors (Lipinski definition) is 0. The molecule has 0 fully saturated rings. The lowest BCUT2D eigenvalue weighted by atomic mass is 10.0. The van der Waals surface area contributed by atoms with Crippen molar-refractivity contribution in [3.8, 4) is 5.75 Å². The maximum absolute atomic E-state index is 12.8. The van der Waals surface area contributed by atoms with Gasteiger partial charge in [0.25, 0.3) is 5.91 Å². The number of unbranched alkanes of at least 4 members (excludes halogenated alkanes) is 2. The van der Waals surface area contributed by atoms with E-state index in [1.165, 1.54) is 11.1 Å². The summed E-state index contributed by atoms with van der Waals surface area (Å²) in [6.45, 7) is 14.8. The van der Waals surface area contributed by atoms with E-state index >= 15 is 0 Å². The Labute approximate surface area is 196 Å². The lowest BCUT2D eigenvalue weighted by molar-refractivity contribution is -0.882. The molecule has 0 N–H and O–H groups in total. The fourth-order valence-corrected chi connectivity index (χ4v) is 3.41. The summed E-state index contributed by atoms with van der Waals surface area (Å²) in [4.78, 5) is 14.9. The molecule has 5 heteroatoms. The third-order valence-corrected chi connectivity index (χ3v) is 5.52. The number of likely N-dealkylation sites (N-methyl/N-ethyl adjacent to an activating group) is 1. The van der Waals surface area contributed by atoms with Crippen LogP contribution in [0.2, 0.25) is 0 Å². The fourth-order valence-electron chi connectivity index (χ4n) is 3.41. The molecule has 0 aliphatic carbocycles. The maximum Gasteiger partial charge on any atom is 0.277 e. The van der Waals surface area contributed by atoms with Gasteiger partial charge in [-0.2, -0.15) is 0 Å². The van der Waals surface area contributed by atoms with Crippen molar-refractivity contribution < 1.29 is 31.0 Å². The second kappa shape index (κ2) is 14.9. The van der Waals surface area contributed by atoms with Crippen molar-refractivity contribution in [3.05, 3.63) is 29.3 Å². The Morgan fingerprint density at radius 1 is 1.07 bits per heavy atom. The summed E-state index contributed by atoms with van der Waals surface area (Å²) < 4.78 is 6.79. The van der Waals surface area contributed by atoms with E-state index < -0.39 is 0 Å². The Morgan fingerprint density at radius 2 is 1.67 bits per heavy atom. The van der Waals surface area contributed by atoms with Gasteiger partial charge in [-0.1, -0.05) is 52.7 Å². The number of ether oxygens (including phenoxy) is 1. The smallest absolute Gasteiger partial charge is 0.277 e. The largest absolute Gasteiger partial charge is 1.00 e. The molecule has 0 saturated carbocycles. The molecule has 0 aliphatic heterocycles. The summed E-state index contributed by atoms with van der Waals surface area (Å²) in [6, 6.07) is 6.49. The van der Waals surface area contributed by atoms with Crippen molar-refractivity contribution in [3.63, 3.8) is 0 Å². The number of amides is 1. The van der Waals surface area contributed by atoms with E-state index in [1.807, 2.05) is 0 Å². The summed E-state index contributed by atoms with van der Waals surface area (Å²) in [7, 11) is 4.31. The molecule has 1 amide bonds. The fraction of sp³-hybridized carbons (Fsp3) is 0.720. The molecule has 0 atom stereocenters. The number of carbonyl (C=O) groups is 1. The average molecular weight is 486 g/mol. The first-order valence-electron chi connectivity index (χ1n) is 11.5. The highest BCUT2D eigenvalue weighted by Crippen LogP contribution is 2.24. The highest BCUT2D eigenvalue weighted by molar-refractivity contribution is 5.77. The molecule has 0 heterocycles. The highest BCUT2D eigenvalue weighted by Gasteiger charge is 2.23. The van der Waals surface area contributed by atoms with E-state index in [0.717, 1.165) is 57.5 Å². The Morgan fingerprint density at radius 3 is 2.20 bits per heavy atom. The first-order valence-corrected chi connectivity index (χ1v) is 11.5. The van der Waals surface area contributed by atoms with Crippen LogP contribution in [0.5, 0.6) is 5.75 Å². The number of rotatable bonds is 14. The summed E-state index contributed by atoms with van der Waals surface area (Å²) in [5.41, 5.74) is 2.49. The zero-order valence-corrected chi connectivity index (χ0v) is 22.1. The Kier molecular flexibility index (Phi) is 14.3. The predicted octanol–water partition coefficient (Wildman–Crippen LogP) is 2.40. The summed E-state index contributed by atoms with van der Waals surface area (Å²) >= 11 is 0. The van der Waals surface area contributed by atoms with Gasteiger partial charge in [0.15, 0.2) is 6.54 Å². The molecule has 0 unspecified atom stereocenters. The second-order valence-electron chi connectivity index (χ2n) is 9.29. The molecule has 4 nitrogen and oxygen atoms in total. The van der Waals surface area contributed by atoms with E-state index in [1.54, 1.807) is 0 Å². The SMILES string of the molecule is CCCCN(CCCC)C(=O)C[N+](C)(C)CCCOc1cc(C(C)C)ccc1C.[Br-]. The van der Waals surface area contributed by atoms with Crippen molar-refractivity contribution in [1.29, 1.82) is 0 Å². The highest BCUT2D eigenvalue weighted by atomic mass is 79.9. The van der Waals surface area contributed by atoms with Gasteiger partial charge in [0.1, 0.15) is 5.75 Å². The van der Waals surface area contributed by atoms with Crippen LogP contribution in [0.25, 0.3) is 0 Å². The van der Waals surface area contributed by atoms with Gasteiger partial charge in [-0.3, -0.25) is 4.79 Å². The predicted molar refractivity (Wildman–Crippen MR) is 124 cm³/mol. The number of carbonyl (C=O) groups excluding carboxylic acids is 1. The van der Waals surface area contributed by atoms with Crippen LogP contribution >= 0.6 is 0 Å². The summed E-state index contributed by atoms with van der Waals surface area (Å²) in [5, 5.41) is 0. The van der Waals surface area contributed by atoms with Crippen LogP contribution in [0.15, 0.2) is 18.2 Å². The number of benzene rings is 1. The Hall–Kier alpha value is -1.07. The molecule has 1 rings (SSSR count). The normalized spacial score (nSPS) is 11.3. The Bertz CT molecular complexity index is 609. The minimum Gasteiger partial charge on any atom is -1.00 e. The molecule has 30 heavy (non-hydrogen) atoms. The van der Waals surface area contributed by atoms with Crippen LogP contribution in [0.3, 0.4) is 0 Å². The third kappa shape index (κ3) is 10.8. The number of hydrogen-bond acceptors (Lipinski definition) is 2. The number of halogens is 1. The number of aryl methyl sites for hydroxylation is 1. The first kappa shape index (κ1) is 28.9. The third-order valence-electron chi connectivity index (χ3n) is 5.52. The van der Waals surface area contributed by atoms with Crippen molar-refractivity contribution in [2.24, 2.45) is 0 Å². The molecular weight excluding hydrogens is 440 g/mol. The van der Waals surface area contributed by atoms with Crippen molar-refractivity contribution in [2.45, 2.75) is 72.6 Å². The van der Waals surface area contributed by atoms with Crippen molar-refractivity contribution in [2.75, 3.05) is 46.9 Å². The van der Waals surface area contributed by atoms with Crippen molar-refractivity contribution >= 4 is 5.91 Å². The standard InChI is InChI=1S/C25H45N2O2.BrH/c1-8-10-15-26(16-11-9-2)25(28)20-27(6,7)17-12-18-29-24-19-23(21(3)4)14-13-22(24)5;/h13-14,19,21H,8-12,15-18,20H2,1-7H3;1H/q+1;/p-1. The molecule has 0 saturated heterocycles. The monoisotopic (exact) mass is 484 g/mol. The van der Waals surface area contributed by atoms with Gasteiger partial charge in [-0.15, -0.1) is 0 Å². The van der Waals surface area contributed by atoms with E-state index in [9.17, 15) is 4.79 Å².